The van der Waals surface area contributed by atoms with Crippen LogP contribution in [0, 0.1) is 0 Å². The Morgan fingerprint density at radius 1 is 1.43 bits per heavy atom. The van der Waals surface area contributed by atoms with Crippen molar-refractivity contribution in [1.82, 2.24) is 19.7 Å². The van der Waals surface area contributed by atoms with Crippen molar-refractivity contribution in [1.29, 1.82) is 0 Å². The van der Waals surface area contributed by atoms with Crippen LogP contribution in [0.15, 0.2) is 10.9 Å². The van der Waals surface area contributed by atoms with Gasteiger partial charge >= 0.3 is 5.97 Å². The normalized spacial score (nSPS) is 14.2. The van der Waals surface area contributed by atoms with Crippen LogP contribution in [0.4, 0.5) is 0 Å². The summed E-state index contributed by atoms with van der Waals surface area (Å²) in [6.45, 7) is 6.30. The number of nitrogens with zero attached hydrogens (tertiary/aromatic N) is 4. The first-order chi connectivity index (χ1) is 13.5. The number of halogens is 1. The van der Waals surface area contributed by atoms with Gasteiger partial charge in [0, 0.05) is 29.8 Å². The van der Waals surface area contributed by atoms with Crippen molar-refractivity contribution >= 4 is 28.6 Å². The monoisotopic (exact) mass is 403 g/mol. The number of hydrogen-bond acceptors (Lipinski definition) is 7. The van der Waals surface area contributed by atoms with Crippen LogP contribution >= 0.6 is 11.6 Å². The summed E-state index contributed by atoms with van der Waals surface area (Å²) in [6, 6.07) is 0.0709. The number of hydrogen-bond donors (Lipinski definition) is 1. The van der Waals surface area contributed by atoms with Crippen LogP contribution in [0.2, 0.25) is 5.15 Å². The Kier molecular flexibility index (Phi) is 4.84. The van der Waals surface area contributed by atoms with Gasteiger partial charge in [0.05, 0.1) is 12.0 Å². The van der Waals surface area contributed by atoms with E-state index in [4.69, 9.17) is 26.6 Å². The zero-order valence-corrected chi connectivity index (χ0v) is 16.8. The van der Waals surface area contributed by atoms with E-state index in [9.17, 15) is 4.79 Å². The Labute approximate surface area is 167 Å². The van der Waals surface area contributed by atoms with Crippen molar-refractivity contribution < 1.29 is 14.1 Å². The number of rotatable bonds is 6. The number of ether oxygens (including phenoxy) is 1. The topological polar surface area (TPSA) is 109 Å². The molecule has 0 radical (unpaired) electrons. The highest BCUT2D eigenvalue weighted by Gasteiger charge is 2.38. The van der Waals surface area contributed by atoms with Gasteiger partial charge in [0.1, 0.15) is 28.4 Å². The maximum absolute atomic E-state index is 12.8. The molecule has 148 valence electrons. The smallest absolute Gasteiger partial charge is 0.344 e. The van der Waals surface area contributed by atoms with E-state index in [2.05, 4.69) is 15.1 Å². The van der Waals surface area contributed by atoms with Gasteiger partial charge < -0.3 is 19.6 Å². The molecule has 4 rings (SSSR count). The lowest BCUT2D eigenvalue weighted by molar-refractivity contribution is 0.0524. The Hall–Kier alpha value is -2.45. The van der Waals surface area contributed by atoms with E-state index in [-0.39, 0.29) is 30.3 Å². The largest absolute Gasteiger partial charge is 0.462 e. The first-order valence-electron chi connectivity index (χ1n) is 9.39. The van der Waals surface area contributed by atoms with E-state index in [1.54, 1.807) is 6.92 Å². The van der Waals surface area contributed by atoms with Gasteiger partial charge in [0.25, 0.3) is 0 Å². The first kappa shape index (κ1) is 18.9. The molecule has 3 heterocycles. The fourth-order valence-electron chi connectivity index (χ4n) is 3.66. The fraction of sp³-hybridized carbons (Fsp3) is 0.474. The maximum atomic E-state index is 12.8. The van der Waals surface area contributed by atoms with Crippen molar-refractivity contribution in [3.8, 4) is 11.3 Å². The summed E-state index contributed by atoms with van der Waals surface area (Å²) >= 11 is 6.45. The summed E-state index contributed by atoms with van der Waals surface area (Å²) in [4.78, 5) is 21.3. The van der Waals surface area contributed by atoms with Crippen LogP contribution in [0.25, 0.3) is 22.3 Å². The number of carbonyl (C=O) groups is 1. The van der Waals surface area contributed by atoms with Gasteiger partial charge in [-0.05, 0) is 33.6 Å². The van der Waals surface area contributed by atoms with E-state index in [1.807, 2.05) is 18.4 Å². The van der Waals surface area contributed by atoms with Crippen LogP contribution in [0.1, 0.15) is 67.4 Å². The zero-order chi connectivity index (χ0) is 20.0. The molecule has 3 aromatic rings. The molecule has 0 atom stereocenters. The molecule has 1 saturated carbocycles. The second kappa shape index (κ2) is 7.18. The molecule has 0 aromatic carbocycles. The quantitative estimate of drug-likeness (QED) is 0.492. The van der Waals surface area contributed by atoms with Gasteiger partial charge in [0.2, 0.25) is 0 Å². The fourth-order valence-corrected chi connectivity index (χ4v) is 3.88. The molecule has 0 bridgehead atoms. The molecule has 1 aliphatic rings. The molecule has 8 nitrogen and oxygen atoms in total. The number of fused-ring (bicyclic) bond motifs is 1. The van der Waals surface area contributed by atoms with Crippen LogP contribution in [0.5, 0.6) is 0 Å². The summed E-state index contributed by atoms with van der Waals surface area (Å²) in [5.41, 5.74) is 8.91. The Balaban J connectivity index is 2.07. The summed E-state index contributed by atoms with van der Waals surface area (Å²) < 4.78 is 12.9. The van der Waals surface area contributed by atoms with Gasteiger partial charge in [0.15, 0.2) is 5.76 Å². The SMILES string of the molecule is CCOC(=O)c1c(-c2c(CN)n(C(C)C)c3ncnc(Cl)c23)noc1C1CC1. The van der Waals surface area contributed by atoms with E-state index in [0.717, 1.165) is 18.5 Å². The average Bonchev–Trinajstić information content (AvgIpc) is 3.31. The molecule has 1 fully saturated rings. The van der Waals surface area contributed by atoms with Crippen LogP contribution in [-0.4, -0.2) is 32.3 Å². The molecular weight excluding hydrogens is 382 g/mol. The number of aromatic nitrogens is 4. The van der Waals surface area contributed by atoms with Gasteiger partial charge in [-0.1, -0.05) is 16.8 Å². The van der Waals surface area contributed by atoms with E-state index in [1.165, 1.54) is 6.33 Å². The lowest BCUT2D eigenvalue weighted by atomic mass is 10.0. The highest BCUT2D eigenvalue weighted by Crippen LogP contribution is 2.46. The molecule has 3 aromatic heterocycles. The highest BCUT2D eigenvalue weighted by atomic mass is 35.5. The minimum absolute atomic E-state index is 0.0709. The maximum Gasteiger partial charge on any atom is 0.344 e. The van der Waals surface area contributed by atoms with Gasteiger partial charge in [-0.25, -0.2) is 14.8 Å². The molecule has 0 saturated heterocycles. The van der Waals surface area contributed by atoms with Crippen molar-refractivity contribution in [2.24, 2.45) is 5.73 Å². The average molecular weight is 404 g/mol. The van der Waals surface area contributed by atoms with E-state index < -0.39 is 5.97 Å². The second-order valence-corrected chi connectivity index (χ2v) is 7.48. The van der Waals surface area contributed by atoms with Gasteiger partial charge in [-0.2, -0.15) is 0 Å². The standard InChI is InChI=1S/C19H22ClN5O3/c1-4-27-19(26)14-15(24-28-16(14)10-5-6-10)12-11(7-21)25(9(2)3)18-13(12)17(20)22-8-23-18/h8-10H,4-7,21H2,1-3H3. The minimum Gasteiger partial charge on any atom is -0.462 e. The van der Waals surface area contributed by atoms with Crippen LogP contribution < -0.4 is 5.73 Å². The summed E-state index contributed by atoms with van der Waals surface area (Å²) in [5.74, 6) is 0.295. The molecule has 0 aliphatic heterocycles. The zero-order valence-electron chi connectivity index (χ0n) is 16.0. The Morgan fingerprint density at radius 3 is 2.79 bits per heavy atom. The minimum atomic E-state index is -0.456. The van der Waals surface area contributed by atoms with Gasteiger partial charge in [-0.15, -0.1) is 0 Å². The molecule has 0 unspecified atom stereocenters. The summed E-state index contributed by atoms with van der Waals surface area (Å²) in [6.07, 6.45) is 3.34. The highest BCUT2D eigenvalue weighted by molar-refractivity contribution is 6.35. The molecule has 28 heavy (non-hydrogen) atoms. The predicted molar refractivity (Wildman–Crippen MR) is 104 cm³/mol. The second-order valence-electron chi connectivity index (χ2n) is 7.12. The molecule has 2 N–H and O–H groups in total. The first-order valence-corrected chi connectivity index (χ1v) is 9.77. The van der Waals surface area contributed by atoms with Crippen LogP contribution in [0.3, 0.4) is 0 Å². The van der Waals surface area contributed by atoms with Gasteiger partial charge in [-0.3, -0.25) is 0 Å². The predicted octanol–water partition coefficient (Wildman–Crippen LogP) is 3.83. The number of esters is 1. The summed E-state index contributed by atoms with van der Waals surface area (Å²) in [7, 11) is 0. The molecule has 1 aliphatic carbocycles. The van der Waals surface area contributed by atoms with Crippen LogP contribution in [-0.2, 0) is 11.3 Å². The van der Waals surface area contributed by atoms with Crippen molar-refractivity contribution in [2.75, 3.05) is 6.61 Å². The molecular formula is C19H22ClN5O3. The molecule has 0 spiro atoms. The Morgan fingerprint density at radius 2 is 2.18 bits per heavy atom. The van der Waals surface area contributed by atoms with E-state index >= 15 is 0 Å². The van der Waals surface area contributed by atoms with Crippen molar-refractivity contribution in [3.05, 3.63) is 28.5 Å². The number of nitrogens with two attached hydrogens (primary N) is 1. The van der Waals surface area contributed by atoms with Crippen molar-refractivity contribution in [2.45, 2.75) is 52.1 Å². The van der Waals surface area contributed by atoms with E-state index in [0.29, 0.717) is 33.6 Å². The lowest BCUT2D eigenvalue weighted by Crippen LogP contribution is -2.12. The van der Waals surface area contributed by atoms with Crippen molar-refractivity contribution in [3.63, 3.8) is 0 Å². The summed E-state index contributed by atoms with van der Waals surface area (Å²) in [5, 5.41) is 5.15. The third-order valence-corrected chi connectivity index (χ3v) is 5.22. The molecule has 9 heteroatoms. The Bertz CT molecular complexity index is 1050. The lowest BCUT2D eigenvalue weighted by Gasteiger charge is -2.13. The number of carbonyl (C=O) groups excluding carboxylic acids is 1. The third-order valence-electron chi connectivity index (χ3n) is 4.93. The third kappa shape index (κ3) is 2.87. The molecule has 0 amide bonds.